The van der Waals surface area contributed by atoms with Crippen LogP contribution >= 0.6 is 15.9 Å². The number of nitro groups is 1. The Morgan fingerprint density at radius 1 is 1.56 bits per heavy atom. The maximum atomic E-state index is 13.9. The number of nitro benzene ring substituents is 1. The SMILES string of the molecule is C[NH2+]/C=C(\C=N)Nc1ncc(Br)c(Oc2cc([N+](=O)[O-])ccc2F)n1. The Morgan fingerprint density at radius 3 is 2.96 bits per heavy atom. The van der Waals surface area contributed by atoms with Gasteiger partial charge < -0.3 is 20.8 Å². The second kappa shape index (κ2) is 8.26. The van der Waals surface area contributed by atoms with Crippen molar-refractivity contribution in [2.45, 2.75) is 0 Å². The molecule has 4 N–H and O–H groups in total. The molecule has 25 heavy (non-hydrogen) atoms. The monoisotopic (exact) mass is 411 g/mol. The molecule has 11 heteroatoms. The highest BCUT2D eigenvalue weighted by Crippen LogP contribution is 2.31. The van der Waals surface area contributed by atoms with Crippen LogP contribution in [0.4, 0.5) is 16.0 Å². The lowest BCUT2D eigenvalue weighted by Crippen LogP contribution is -2.73. The van der Waals surface area contributed by atoms with Crippen LogP contribution in [0.15, 0.2) is 40.8 Å². The summed E-state index contributed by atoms with van der Waals surface area (Å²) in [5.41, 5.74) is 0.115. The summed E-state index contributed by atoms with van der Waals surface area (Å²) >= 11 is 3.17. The lowest BCUT2D eigenvalue weighted by molar-refractivity contribution is -0.556. The first-order valence-electron chi connectivity index (χ1n) is 6.86. The fourth-order valence-electron chi connectivity index (χ4n) is 1.71. The minimum absolute atomic E-state index is 0.0401. The summed E-state index contributed by atoms with van der Waals surface area (Å²) < 4.78 is 19.5. The highest BCUT2D eigenvalue weighted by molar-refractivity contribution is 9.10. The largest absolute Gasteiger partial charge is 0.434 e. The van der Waals surface area contributed by atoms with Crippen LogP contribution in [0.5, 0.6) is 11.6 Å². The molecule has 2 rings (SSSR count). The van der Waals surface area contributed by atoms with Crippen LogP contribution in [0.25, 0.3) is 0 Å². The normalized spacial score (nSPS) is 11.1. The Balaban J connectivity index is 2.32. The molecule has 0 aliphatic heterocycles. The topological polar surface area (TPSA) is 131 Å². The van der Waals surface area contributed by atoms with Crippen molar-refractivity contribution in [1.29, 1.82) is 5.41 Å². The number of nitrogens with two attached hydrogens (primary N) is 1. The minimum atomic E-state index is -0.772. The standard InChI is InChI=1S/C14H12BrFN6O3/c1-18-6-8(5-17)20-14-19-7-10(15)13(21-14)25-12-4-9(22(23)24)2-3-11(12)16/h2-7,17-18H,1H3,(H,19,20,21)/p+1/b8-6+,17-5?. The van der Waals surface area contributed by atoms with Gasteiger partial charge in [-0.15, -0.1) is 0 Å². The van der Waals surface area contributed by atoms with Crippen LogP contribution in [0, 0.1) is 21.3 Å². The van der Waals surface area contributed by atoms with E-state index in [0.29, 0.717) is 10.2 Å². The number of hydrogen-bond donors (Lipinski definition) is 3. The number of hydrogen-bond acceptors (Lipinski definition) is 7. The van der Waals surface area contributed by atoms with Gasteiger partial charge in [-0.2, -0.15) is 4.98 Å². The zero-order valence-corrected chi connectivity index (χ0v) is 14.4. The number of quaternary nitrogens is 1. The molecule has 0 bridgehead atoms. The molecule has 1 aromatic heterocycles. The molecule has 0 fully saturated rings. The van der Waals surface area contributed by atoms with E-state index in [4.69, 9.17) is 10.1 Å². The minimum Gasteiger partial charge on any atom is -0.434 e. The fraction of sp³-hybridized carbons (Fsp3) is 0.0714. The van der Waals surface area contributed by atoms with E-state index in [9.17, 15) is 14.5 Å². The van der Waals surface area contributed by atoms with Gasteiger partial charge >= 0.3 is 0 Å². The van der Waals surface area contributed by atoms with E-state index in [1.165, 1.54) is 6.20 Å². The molecule has 0 saturated heterocycles. The predicted octanol–water partition coefficient (Wildman–Crippen LogP) is 2.17. The Hall–Kier alpha value is -2.92. The summed E-state index contributed by atoms with van der Waals surface area (Å²) in [6.07, 6.45) is 4.09. The van der Waals surface area contributed by atoms with E-state index in [1.807, 2.05) is 0 Å². The molecule has 0 radical (unpaired) electrons. The average molecular weight is 412 g/mol. The summed E-state index contributed by atoms with van der Waals surface area (Å²) in [5, 5.41) is 22.6. The molecule has 0 aliphatic rings. The predicted molar refractivity (Wildman–Crippen MR) is 91.2 cm³/mol. The summed E-state index contributed by atoms with van der Waals surface area (Å²) in [7, 11) is 1.78. The van der Waals surface area contributed by atoms with Gasteiger partial charge in [0.1, 0.15) is 11.9 Å². The number of rotatable bonds is 7. The number of benzene rings is 1. The van der Waals surface area contributed by atoms with Crippen LogP contribution in [-0.2, 0) is 0 Å². The zero-order valence-electron chi connectivity index (χ0n) is 12.9. The summed E-state index contributed by atoms with van der Waals surface area (Å²) in [6, 6.07) is 2.94. The third kappa shape index (κ3) is 4.78. The van der Waals surface area contributed by atoms with Crippen LogP contribution in [-0.4, -0.2) is 28.2 Å². The van der Waals surface area contributed by atoms with E-state index in [-0.39, 0.29) is 23.3 Å². The van der Waals surface area contributed by atoms with Crippen LogP contribution in [0.1, 0.15) is 0 Å². The molecule has 1 aromatic carbocycles. The maximum Gasteiger partial charge on any atom is 0.273 e. The molecule has 1 heterocycles. The molecular formula is C14H13BrFN6O3+. The Kier molecular flexibility index (Phi) is 6.08. The molecule has 0 amide bonds. The van der Waals surface area contributed by atoms with Crippen molar-refractivity contribution < 1.29 is 19.4 Å². The molecule has 0 unspecified atom stereocenters. The second-order valence-electron chi connectivity index (χ2n) is 4.55. The van der Waals surface area contributed by atoms with Gasteiger partial charge in [-0.05, 0) is 22.0 Å². The smallest absolute Gasteiger partial charge is 0.273 e. The Morgan fingerprint density at radius 2 is 2.32 bits per heavy atom. The van der Waals surface area contributed by atoms with E-state index < -0.39 is 10.7 Å². The van der Waals surface area contributed by atoms with Gasteiger partial charge in [0, 0.05) is 12.3 Å². The van der Waals surface area contributed by atoms with Gasteiger partial charge in [0.15, 0.2) is 11.6 Å². The summed E-state index contributed by atoms with van der Waals surface area (Å²) in [4.78, 5) is 18.2. The van der Waals surface area contributed by atoms with E-state index >= 15 is 0 Å². The second-order valence-corrected chi connectivity index (χ2v) is 5.40. The number of non-ortho nitro benzene ring substituents is 1. The van der Waals surface area contributed by atoms with Crippen molar-refractivity contribution in [2.75, 3.05) is 12.4 Å². The molecule has 0 atom stereocenters. The molecular weight excluding hydrogens is 399 g/mol. The zero-order chi connectivity index (χ0) is 18.4. The van der Waals surface area contributed by atoms with Crippen LogP contribution < -0.4 is 15.4 Å². The molecule has 9 nitrogen and oxygen atoms in total. The average Bonchev–Trinajstić information content (AvgIpc) is 2.59. The Labute approximate surface area is 149 Å². The molecule has 0 aliphatic carbocycles. The maximum absolute atomic E-state index is 13.9. The van der Waals surface area contributed by atoms with Gasteiger partial charge in [-0.3, -0.25) is 10.1 Å². The summed E-state index contributed by atoms with van der Waals surface area (Å²) in [6.45, 7) is 0. The molecule has 0 spiro atoms. The van der Waals surface area contributed by atoms with Crippen molar-refractivity contribution >= 4 is 33.8 Å². The summed E-state index contributed by atoms with van der Waals surface area (Å²) in [5.74, 6) is -1.04. The van der Waals surface area contributed by atoms with E-state index in [2.05, 4.69) is 31.2 Å². The lowest BCUT2D eigenvalue weighted by Gasteiger charge is -2.09. The van der Waals surface area contributed by atoms with Crippen molar-refractivity contribution in [2.24, 2.45) is 0 Å². The van der Waals surface area contributed by atoms with Crippen molar-refractivity contribution in [1.82, 2.24) is 9.97 Å². The third-order valence-corrected chi connectivity index (χ3v) is 3.35. The number of halogens is 2. The molecule has 0 saturated carbocycles. The quantitative estimate of drug-likeness (QED) is 0.363. The number of nitrogens with zero attached hydrogens (tertiary/aromatic N) is 3. The molecule has 2 aromatic rings. The number of ether oxygens (including phenoxy) is 1. The van der Waals surface area contributed by atoms with E-state index in [0.717, 1.165) is 24.4 Å². The number of aromatic nitrogens is 2. The number of anilines is 1. The number of allylic oxidation sites excluding steroid dienone is 1. The fourth-order valence-corrected chi connectivity index (χ4v) is 1.98. The van der Waals surface area contributed by atoms with Gasteiger partial charge in [-0.1, -0.05) is 0 Å². The first kappa shape index (κ1) is 18.4. The van der Waals surface area contributed by atoms with Crippen LogP contribution in [0.2, 0.25) is 0 Å². The van der Waals surface area contributed by atoms with Crippen LogP contribution in [0.3, 0.4) is 0 Å². The van der Waals surface area contributed by atoms with Gasteiger partial charge in [0.2, 0.25) is 11.8 Å². The lowest BCUT2D eigenvalue weighted by atomic mass is 10.3. The van der Waals surface area contributed by atoms with Crippen molar-refractivity contribution in [3.8, 4) is 11.6 Å². The highest BCUT2D eigenvalue weighted by atomic mass is 79.9. The molecule has 130 valence electrons. The van der Waals surface area contributed by atoms with Gasteiger partial charge in [-0.25, -0.2) is 9.37 Å². The third-order valence-electron chi connectivity index (χ3n) is 2.80. The number of nitrogens with one attached hydrogen (secondary N) is 2. The first-order valence-corrected chi connectivity index (χ1v) is 7.65. The van der Waals surface area contributed by atoms with Crippen molar-refractivity contribution in [3.05, 3.63) is 56.7 Å². The van der Waals surface area contributed by atoms with Crippen molar-refractivity contribution in [3.63, 3.8) is 0 Å². The first-order chi connectivity index (χ1) is 11.9. The Bertz CT molecular complexity index is 845. The van der Waals surface area contributed by atoms with E-state index in [1.54, 1.807) is 18.6 Å². The van der Waals surface area contributed by atoms with Gasteiger partial charge in [0.25, 0.3) is 5.69 Å². The van der Waals surface area contributed by atoms with Gasteiger partial charge in [0.05, 0.1) is 28.7 Å². The highest BCUT2D eigenvalue weighted by Gasteiger charge is 2.15.